The molecule has 23 heavy (non-hydrogen) atoms. The number of nitrogens with zero attached hydrogens (tertiary/aromatic N) is 2. The summed E-state index contributed by atoms with van der Waals surface area (Å²) in [6, 6.07) is 0.345. The minimum Gasteiger partial charge on any atom is -0.465 e. The Hall–Kier alpha value is -1.76. The van der Waals surface area contributed by atoms with Crippen LogP contribution in [0.4, 0.5) is 9.80 Å². The van der Waals surface area contributed by atoms with Crippen LogP contribution in [0, 0.1) is 6.92 Å². The number of carbonyl (C=O) groups excluding carboxylic acids is 1. The Labute approximate surface area is 140 Å². The zero-order valence-corrected chi connectivity index (χ0v) is 14.4. The summed E-state index contributed by atoms with van der Waals surface area (Å²) in [6.07, 6.45) is 1.76. The number of anilines is 1. The van der Waals surface area contributed by atoms with Crippen molar-refractivity contribution >= 4 is 28.3 Å². The van der Waals surface area contributed by atoms with Crippen LogP contribution in [-0.2, 0) is 6.42 Å². The van der Waals surface area contributed by atoms with Gasteiger partial charge in [-0.1, -0.05) is 0 Å². The van der Waals surface area contributed by atoms with Crippen LogP contribution in [0.1, 0.15) is 40.6 Å². The molecule has 3 rings (SSSR count). The summed E-state index contributed by atoms with van der Waals surface area (Å²) in [5.74, 6) is 0.0444. The van der Waals surface area contributed by atoms with E-state index in [9.17, 15) is 9.59 Å². The number of amides is 2. The van der Waals surface area contributed by atoms with Gasteiger partial charge in [-0.15, -0.1) is 11.3 Å². The Bertz CT molecular complexity index is 620. The number of carboxylic acid groups (broad SMARTS) is 1. The van der Waals surface area contributed by atoms with Crippen LogP contribution in [0.3, 0.4) is 0 Å². The zero-order chi connectivity index (χ0) is 16.6. The summed E-state index contributed by atoms with van der Waals surface area (Å²) in [5, 5.41) is 13.2. The second-order valence-corrected chi connectivity index (χ2v) is 7.21. The first-order valence-corrected chi connectivity index (χ1v) is 8.99. The molecule has 0 atom stereocenters. The number of carbonyl (C=O) groups is 2. The molecule has 1 fully saturated rings. The second-order valence-electron chi connectivity index (χ2n) is 6.12. The van der Waals surface area contributed by atoms with E-state index in [1.54, 1.807) is 11.3 Å². The van der Waals surface area contributed by atoms with Crippen LogP contribution in [-0.4, -0.2) is 54.2 Å². The molecule has 0 spiro atoms. The van der Waals surface area contributed by atoms with Gasteiger partial charge in [-0.3, -0.25) is 4.79 Å². The van der Waals surface area contributed by atoms with E-state index in [1.165, 1.54) is 14.8 Å². The normalized spacial score (nSPS) is 18.5. The molecule has 0 radical (unpaired) electrons. The molecule has 1 saturated heterocycles. The fourth-order valence-electron chi connectivity index (χ4n) is 3.62. The SMILES string of the molecule is CCN(c1sc2c(c1C)C(=O)NCC2)C1CCN(C(=O)O)CC1. The molecule has 2 aliphatic heterocycles. The second kappa shape index (κ2) is 6.39. The molecule has 0 aliphatic carbocycles. The van der Waals surface area contributed by atoms with E-state index in [1.807, 2.05) is 6.92 Å². The van der Waals surface area contributed by atoms with Crippen LogP contribution < -0.4 is 10.2 Å². The molecule has 3 heterocycles. The van der Waals surface area contributed by atoms with Crippen molar-refractivity contribution in [3.05, 3.63) is 16.0 Å². The average Bonchev–Trinajstić information content (AvgIpc) is 2.87. The number of thiophene rings is 1. The van der Waals surface area contributed by atoms with Crippen molar-refractivity contribution in [2.45, 2.75) is 39.2 Å². The fraction of sp³-hybridized carbons (Fsp3) is 0.625. The lowest BCUT2D eigenvalue weighted by atomic mass is 10.0. The predicted molar refractivity (Wildman–Crippen MR) is 90.7 cm³/mol. The molecule has 1 aromatic rings. The first-order chi connectivity index (χ1) is 11.0. The van der Waals surface area contributed by atoms with Gasteiger partial charge >= 0.3 is 6.09 Å². The Morgan fingerprint density at radius 3 is 2.70 bits per heavy atom. The Morgan fingerprint density at radius 2 is 2.13 bits per heavy atom. The molecule has 2 amide bonds. The van der Waals surface area contributed by atoms with E-state index in [0.29, 0.717) is 25.7 Å². The lowest BCUT2D eigenvalue weighted by Gasteiger charge is -2.38. The topological polar surface area (TPSA) is 72.9 Å². The van der Waals surface area contributed by atoms with Crippen molar-refractivity contribution in [2.24, 2.45) is 0 Å². The standard InChI is InChI=1S/C16H23N3O3S/c1-3-19(11-5-8-18(9-6-11)16(21)22)15-10(2)13-12(23-15)4-7-17-14(13)20/h11H,3-9H2,1-2H3,(H,17,20)(H,21,22). The molecule has 0 aromatic carbocycles. The third-order valence-corrected chi connectivity index (χ3v) is 6.23. The van der Waals surface area contributed by atoms with Crippen molar-refractivity contribution in [3.8, 4) is 0 Å². The highest BCUT2D eigenvalue weighted by atomic mass is 32.1. The van der Waals surface area contributed by atoms with Crippen molar-refractivity contribution < 1.29 is 14.7 Å². The monoisotopic (exact) mass is 337 g/mol. The third kappa shape index (κ3) is 2.89. The number of nitrogens with one attached hydrogen (secondary N) is 1. The molecule has 7 heteroatoms. The zero-order valence-electron chi connectivity index (χ0n) is 13.6. The van der Waals surface area contributed by atoms with Gasteiger partial charge in [0.15, 0.2) is 0 Å². The summed E-state index contributed by atoms with van der Waals surface area (Å²) in [5.41, 5.74) is 1.93. The Balaban J connectivity index is 1.82. The largest absolute Gasteiger partial charge is 0.465 e. The van der Waals surface area contributed by atoms with Gasteiger partial charge in [0.1, 0.15) is 0 Å². The van der Waals surface area contributed by atoms with Gasteiger partial charge in [0.25, 0.3) is 5.91 Å². The van der Waals surface area contributed by atoms with Crippen LogP contribution in [0.25, 0.3) is 0 Å². The molecule has 2 aliphatic rings. The number of hydrogen-bond donors (Lipinski definition) is 2. The Kier molecular flexibility index (Phi) is 4.48. The molecular formula is C16H23N3O3S. The first-order valence-electron chi connectivity index (χ1n) is 8.17. The van der Waals surface area contributed by atoms with Crippen molar-refractivity contribution in [3.63, 3.8) is 0 Å². The van der Waals surface area contributed by atoms with Crippen molar-refractivity contribution in [1.29, 1.82) is 0 Å². The highest BCUT2D eigenvalue weighted by Crippen LogP contribution is 2.39. The van der Waals surface area contributed by atoms with E-state index in [0.717, 1.165) is 36.9 Å². The number of fused-ring (bicyclic) bond motifs is 1. The average molecular weight is 337 g/mol. The fourth-order valence-corrected chi connectivity index (χ4v) is 5.06. The number of hydrogen-bond acceptors (Lipinski definition) is 4. The quantitative estimate of drug-likeness (QED) is 0.888. The van der Waals surface area contributed by atoms with Crippen molar-refractivity contribution in [1.82, 2.24) is 10.2 Å². The van der Waals surface area contributed by atoms with E-state index in [-0.39, 0.29) is 5.91 Å². The van der Waals surface area contributed by atoms with E-state index in [4.69, 9.17) is 5.11 Å². The molecule has 0 saturated carbocycles. The lowest BCUT2D eigenvalue weighted by Crippen LogP contribution is -2.46. The smallest absolute Gasteiger partial charge is 0.407 e. The van der Waals surface area contributed by atoms with Crippen LogP contribution in [0.15, 0.2) is 0 Å². The van der Waals surface area contributed by atoms with E-state index in [2.05, 4.69) is 17.1 Å². The van der Waals surface area contributed by atoms with E-state index < -0.39 is 6.09 Å². The molecule has 1 aromatic heterocycles. The summed E-state index contributed by atoms with van der Waals surface area (Å²) < 4.78 is 0. The first kappa shape index (κ1) is 16.1. The number of piperidine rings is 1. The van der Waals surface area contributed by atoms with Gasteiger partial charge in [-0.25, -0.2) is 4.79 Å². The summed E-state index contributed by atoms with van der Waals surface area (Å²) in [7, 11) is 0. The maximum Gasteiger partial charge on any atom is 0.407 e. The minimum absolute atomic E-state index is 0.0444. The molecule has 0 bridgehead atoms. The molecule has 2 N–H and O–H groups in total. The van der Waals surface area contributed by atoms with Crippen molar-refractivity contribution in [2.75, 3.05) is 31.1 Å². The van der Waals surface area contributed by atoms with E-state index >= 15 is 0 Å². The van der Waals surface area contributed by atoms with Crippen LogP contribution >= 0.6 is 11.3 Å². The molecule has 126 valence electrons. The van der Waals surface area contributed by atoms with Crippen LogP contribution in [0.5, 0.6) is 0 Å². The Morgan fingerprint density at radius 1 is 1.43 bits per heavy atom. The minimum atomic E-state index is -0.828. The lowest BCUT2D eigenvalue weighted by molar-refractivity contribution is 0.0946. The predicted octanol–water partition coefficient (Wildman–Crippen LogP) is 2.31. The van der Waals surface area contributed by atoms with Crippen LogP contribution in [0.2, 0.25) is 0 Å². The van der Waals surface area contributed by atoms with Gasteiger partial charge in [0, 0.05) is 43.5 Å². The highest BCUT2D eigenvalue weighted by molar-refractivity contribution is 7.16. The summed E-state index contributed by atoms with van der Waals surface area (Å²) >= 11 is 1.73. The summed E-state index contributed by atoms with van der Waals surface area (Å²) in [4.78, 5) is 28.2. The number of rotatable bonds is 3. The molecule has 0 unspecified atom stereocenters. The molecular weight excluding hydrogens is 314 g/mol. The maximum atomic E-state index is 12.1. The van der Waals surface area contributed by atoms with Gasteiger partial charge < -0.3 is 20.2 Å². The molecule has 6 nitrogen and oxygen atoms in total. The summed E-state index contributed by atoms with van der Waals surface area (Å²) in [6.45, 7) is 6.92. The van der Waals surface area contributed by atoms with Gasteiger partial charge in [-0.2, -0.15) is 0 Å². The highest BCUT2D eigenvalue weighted by Gasteiger charge is 2.31. The number of likely N-dealkylation sites (tertiary alicyclic amines) is 1. The van der Waals surface area contributed by atoms with Gasteiger partial charge in [0.2, 0.25) is 0 Å². The maximum absolute atomic E-state index is 12.1. The third-order valence-electron chi connectivity index (χ3n) is 4.84. The van der Waals surface area contributed by atoms with Gasteiger partial charge in [-0.05, 0) is 32.3 Å². The van der Waals surface area contributed by atoms with Gasteiger partial charge in [0.05, 0.1) is 10.6 Å².